The molecular formula is C24H20N2O3S. The van der Waals surface area contributed by atoms with Gasteiger partial charge in [-0.25, -0.2) is 5.48 Å². The molecule has 1 atom stereocenters. The summed E-state index contributed by atoms with van der Waals surface area (Å²) in [6.07, 6.45) is 0.772. The molecular weight excluding hydrogens is 396 g/mol. The topological polar surface area (TPSA) is 77.3 Å². The Bertz CT molecular complexity index is 1250. The van der Waals surface area contributed by atoms with Crippen LogP contribution >= 0.6 is 0 Å². The summed E-state index contributed by atoms with van der Waals surface area (Å²) in [6.45, 7) is 0.570. The van der Waals surface area contributed by atoms with E-state index in [-0.39, 0.29) is 0 Å². The summed E-state index contributed by atoms with van der Waals surface area (Å²) in [5.74, 6) is 0.108. The summed E-state index contributed by atoms with van der Waals surface area (Å²) in [5, 5.41) is 9.95. The van der Waals surface area contributed by atoms with Gasteiger partial charge in [0.2, 0.25) is 0 Å². The van der Waals surface area contributed by atoms with Crippen molar-refractivity contribution < 1.29 is 14.6 Å². The van der Waals surface area contributed by atoms with Crippen LogP contribution < -0.4 is 5.48 Å². The number of hydrogen-bond donors (Lipinski definition) is 2. The second-order valence-electron chi connectivity index (χ2n) is 7.40. The Morgan fingerprint density at radius 2 is 1.87 bits per heavy atom. The Morgan fingerprint density at radius 3 is 2.67 bits per heavy atom. The fourth-order valence-electron chi connectivity index (χ4n) is 4.22. The number of rotatable bonds is 4. The quantitative estimate of drug-likeness (QED) is 0.298. The maximum atomic E-state index is 12.8. The lowest BCUT2D eigenvalue weighted by atomic mass is 10.0. The number of amides is 1. The van der Waals surface area contributed by atoms with Crippen LogP contribution in [0.4, 0.5) is 0 Å². The molecule has 2 heterocycles. The third-order valence-corrected chi connectivity index (χ3v) is 7.10. The van der Waals surface area contributed by atoms with Crippen LogP contribution in [0.1, 0.15) is 21.6 Å². The summed E-state index contributed by atoms with van der Waals surface area (Å²) in [7, 11) is 0. The number of benzene rings is 3. The highest BCUT2D eigenvalue weighted by molar-refractivity contribution is 7.92. The molecule has 5 nitrogen and oxygen atoms in total. The fraction of sp³-hybridized carbons (Fsp3) is 0.125. The molecule has 1 aliphatic rings. The van der Waals surface area contributed by atoms with Crippen LogP contribution in [0.2, 0.25) is 0 Å². The van der Waals surface area contributed by atoms with Crippen LogP contribution in [-0.2, 0) is 24.1 Å². The number of nitrogens with one attached hydrogen (secondary N) is 1. The SMILES string of the molecule is O=C(NO)c1cccc(Cn2c3c(c4cc(-c5ccccc5)ccc42)[S+]([O-])CC3)c1. The first-order valence-electron chi connectivity index (χ1n) is 9.78. The van der Waals surface area contributed by atoms with E-state index in [1.54, 1.807) is 23.7 Å². The number of carbonyl (C=O) groups excluding carboxylic acids is 1. The molecule has 0 spiro atoms. The molecule has 1 unspecified atom stereocenters. The first-order chi connectivity index (χ1) is 14.7. The third kappa shape index (κ3) is 3.19. The Hall–Kier alpha value is -3.06. The molecule has 0 bridgehead atoms. The van der Waals surface area contributed by atoms with Crippen molar-refractivity contribution in [3.63, 3.8) is 0 Å². The van der Waals surface area contributed by atoms with E-state index < -0.39 is 17.1 Å². The number of hydrogen-bond acceptors (Lipinski definition) is 3. The van der Waals surface area contributed by atoms with Crippen LogP contribution in [0.5, 0.6) is 0 Å². The molecule has 5 rings (SSSR count). The van der Waals surface area contributed by atoms with Crippen molar-refractivity contribution in [3.05, 3.63) is 89.6 Å². The van der Waals surface area contributed by atoms with Crippen LogP contribution in [0, 0.1) is 0 Å². The summed E-state index contributed by atoms with van der Waals surface area (Å²) in [6, 6.07) is 23.7. The molecule has 0 saturated heterocycles. The van der Waals surface area contributed by atoms with Crippen molar-refractivity contribution in [2.75, 3.05) is 5.75 Å². The molecule has 30 heavy (non-hydrogen) atoms. The maximum absolute atomic E-state index is 12.8. The van der Waals surface area contributed by atoms with Gasteiger partial charge < -0.3 is 9.12 Å². The van der Waals surface area contributed by atoms with Gasteiger partial charge in [-0.3, -0.25) is 10.0 Å². The van der Waals surface area contributed by atoms with Crippen molar-refractivity contribution in [2.45, 2.75) is 17.9 Å². The lowest BCUT2D eigenvalue weighted by molar-refractivity contribution is 0.0706. The Morgan fingerprint density at radius 1 is 1.03 bits per heavy atom. The number of carbonyl (C=O) groups is 1. The predicted molar refractivity (Wildman–Crippen MR) is 117 cm³/mol. The van der Waals surface area contributed by atoms with Gasteiger partial charge in [0, 0.05) is 18.5 Å². The van der Waals surface area contributed by atoms with Crippen molar-refractivity contribution in [1.29, 1.82) is 0 Å². The van der Waals surface area contributed by atoms with Gasteiger partial charge in [0.25, 0.3) is 5.91 Å². The predicted octanol–water partition coefficient (Wildman–Crippen LogP) is 4.14. The molecule has 2 N–H and O–H groups in total. The maximum Gasteiger partial charge on any atom is 0.274 e. The lowest BCUT2D eigenvalue weighted by Gasteiger charge is -2.10. The summed E-state index contributed by atoms with van der Waals surface area (Å²) >= 11 is -1.01. The van der Waals surface area contributed by atoms with E-state index in [1.165, 1.54) is 0 Å². The molecule has 0 radical (unpaired) electrons. The van der Waals surface area contributed by atoms with Gasteiger partial charge in [0.1, 0.15) is 5.75 Å². The van der Waals surface area contributed by atoms with E-state index in [9.17, 15) is 9.35 Å². The summed E-state index contributed by atoms with van der Waals surface area (Å²) in [5.41, 5.74) is 7.41. The lowest BCUT2D eigenvalue weighted by Crippen LogP contribution is -2.18. The zero-order valence-electron chi connectivity index (χ0n) is 16.2. The average molecular weight is 417 g/mol. The minimum atomic E-state index is -1.01. The molecule has 0 saturated carbocycles. The van der Waals surface area contributed by atoms with Gasteiger partial charge >= 0.3 is 0 Å². The monoisotopic (exact) mass is 416 g/mol. The number of aromatic nitrogens is 1. The van der Waals surface area contributed by atoms with Gasteiger partial charge in [-0.15, -0.1) is 0 Å². The van der Waals surface area contributed by atoms with E-state index in [0.717, 1.165) is 44.6 Å². The second kappa shape index (κ2) is 7.65. The average Bonchev–Trinajstić information content (AvgIpc) is 3.32. The fourth-order valence-corrected chi connectivity index (χ4v) is 5.69. The summed E-state index contributed by atoms with van der Waals surface area (Å²) < 4.78 is 15.0. The van der Waals surface area contributed by atoms with Crippen LogP contribution in [0.25, 0.3) is 22.0 Å². The van der Waals surface area contributed by atoms with Gasteiger partial charge in [0.05, 0.1) is 16.6 Å². The van der Waals surface area contributed by atoms with Crippen molar-refractivity contribution >= 4 is 28.0 Å². The van der Waals surface area contributed by atoms with E-state index in [1.807, 2.05) is 24.3 Å². The van der Waals surface area contributed by atoms with Gasteiger partial charge in [-0.2, -0.15) is 0 Å². The summed E-state index contributed by atoms with van der Waals surface area (Å²) in [4.78, 5) is 12.7. The van der Waals surface area contributed by atoms with Crippen LogP contribution in [0.15, 0.2) is 77.7 Å². The van der Waals surface area contributed by atoms with Crippen LogP contribution in [-0.4, -0.2) is 26.0 Å². The highest BCUT2D eigenvalue weighted by atomic mass is 32.2. The molecule has 4 aromatic rings. The molecule has 1 aromatic heterocycles. The molecule has 150 valence electrons. The van der Waals surface area contributed by atoms with E-state index in [4.69, 9.17) is 5.21 Å². The number of hydroxylamine groups is 1. The van der Waals surface area contributed by atoms with Crippen LogP contribution in [0.3, 0.4) is 0 Å². The number of fused-ring (bicyclic) bond motifs is 3. The first-order valence-corrected chi connectivity index (χ1v) is 11.1. The van der Waals surface area contributed by atoms with Crippen molar-refractivity contribution in [2.24, 2.45) is 0 Å². The Labute approximate surface area is 177 Å². The normalized spacial score (nSPS) is 15.3. The molecule has 3 aromatic carbocycles. The van der Waals surface area contributed by atoms with E-state index >= 15 is 0 Å². The largest absolute Gasteiger partial charge is 0.611 e. The smallest absolute Gasteiger partial charge is 0.274 e. The van der Waals surface area contributed by atoms with Crippen molar-refractivity contribution in [3.8, 4) is 11.1 Å². The highest BCUT2D eigenvalue weighted by Crippen LogP contribution is 2.38. The Balaban J connectivity index is 1.62. The molecule has 6 heteroatoms. The first kappa shape index (κ1) is 18.9. The Kier molecular flexibility index (Phi) is 4.83. The minimum absolute atomic E-state index is 0.401. The third-order valence-electron chi connectivity index (χ3n) is 5.61. The molecule has 1 aliphatic heterocycles. The standard InChI is InChI=1S/C24H20N2O3S/c27-24(25-28)19-8-4-5-16(13-19)15-26-21-10-9-18(17-6-2-1-3-7-17)14-20(21)23-22(26)11-12-30(23)29/h1-10,13-14,28H,11-12,15H2,(H,25,27). The molecule has 1 amide bonds. The minimum Gasteiger partial charge on any atom is -0.611 e. The second-order valence-corrected chi connectivity index (χ2v) is 8.91. The zero-order chi connectivity index (χ0) is 20.7. The highest BCUT2D eigenvalue weighted by Gasteiger charge is 2.32. The van der Waals surface area contributed by atoms with E-state index in [0.29, 0.717) is 17.9 Å². The molecule has 0 fully saturated rings. The number of nitrogens with zero attached hydrogens (tertiary/aromatic N) is 1. The van der Waals surface area contributed by atoms with E-state index in [2.05, 4.69) is 34.9 Å². The van der Waals surface area contributed by atoms with Gasteiger partial charge in [-0.05, 0) is 52.1 Å². The molecule has 0 aliphatic carbocycles. The van der Waals surface area contributed by atoms with Gasteiger partial charge in [0.15, 0.2) is 4.90 Å². The van der Waals surface area contributed by atoms with Crippen molar-refractivity contribution in [1.82, 2.24) is 10.0 Å². The zero-order valence-corrected chi connectivity index (χ0v) is 17.0. The van der Waals surface area contributed by atoms with Gasteiger partial charge in [-0.1, -0.05) is 48.5 Å².